The molecule has 0 N–H and O–H groups in total. The van der Waals surface area contributed by atoms with Crippen molar-refractivity contribution >= 4 is 11.6 Å². The molecule has 6 heteroatoms. The number of hydrogen-bond acceptors (Lipinski definition) is 4. The van der Waals surface area contributed by atoms with Crippen LogP contribution in [0.25, 0.3) is 0 Å². The molecule has 3 unspecified atom stereocenters. The van der Waals surface area contributed by atoms with Crippen LogP contribution in [-0.4, -0.2) is 46.8 Å². The predicted octanol–water partition coefficient (Wildman–Crippen LogP) is 3.07. The van der Waals surface area contributed by atoms with E-state index in [4.69, 9.17) is 0 Å². The third-order valence-corrected chi connectivity index (χ3v) is 6.57. The van der Waals surface area contributed by atoms with Gasteiger partial charge in [-0.25, -0.2) is 0 Å². The van der Waals surface area contributed by atoms with Gasteiger partial charge in [-0.3, -0.25) is 19.8 Å². The Kier molecular flexibility index (Phi) is 4.94. The summed E-state index contributed by atoms with van der Waals surface area (Å²) in [5, 5.41) is 10.9. The summed E-state index contributed by atoms with van der Waals surface area (Å²) in [4.78, 5) is 27.5. The molecule has 2 saturated carbocycles. The van der Waals surface area contributed by atoms with Gasteiger partial charge in [-0.1, -0.05) is 18.6 Å². The van der Waals surface area contributed by atoms with E-state index in [1.54, 1.807) is 12.1 Å². The second-order valence-electron chi connectivity index (χ2n) is 8.22. The van der Waals surface area contributed by atoms with Gasteiger partial charge in [0.2, 0.25) is 5.91 Å². The minimum atomic E-state index is -0.351. The van der Waals surface area contributed by atoms with Crippen molar-refractivity contribution in [1.82, 2.24) is 9.80 Å². The molecule has 2 bridgehead atoms. The Balaban J connectivity index is 1.25. The van der Waals surface area contributed by atoms with E-state index < -0.39 is 0 Å². The van der Waals surface area contributed by atoms with Gasteiger partial charge in [0.25, 0.3) is 5.69 Å². The van der Waals surface area contributed by atoms with Crippen LogP contribution in [0.15, 0.2) is 24.3 Å². The summed E-state index contributed by atoms with van der Waals surface area (Å²) in [5.41, 5.74) is 1.10. The standard InChI is InChI=1S/C20H27N3O3/c24-20(13-18-11-15-4-5-17(18)10-15)22-8-6-21(7-9-22)14-16-2-1-3-19(12-16)23(25)26/h1-3,12,15,17-18H,4-11,13-14H2. The number of non-ortho nitro benzene ring substituents is 1. The highest BCUT2D eigenvalue weighted by Crippen LogP contribution is 2.49. The second kappa shape index (κ2) is 7.35. The summed E-state index contributed by atoms with van der Waals surface area (Å²) < 4.78 is 0. The summed E-state index contributed by atoms with van der Waals surface area (Å²) in [6.45, 7) is 3.93. The highest BCUT2D eigenvalue weighted by atomic mass is 16.6. The maximum atomic E-state index is 12.6. The zero-order valence-electron chi connectivity index (χ0n) is 15.2. The number of nitro groups is 1. The molecule has 3 aliphatic rings. The average molecular weight is 357 g/mol. The number of hydrogen-bond donors (Lipinski definition) is 0. The number of nitro benzene ring substituents is 1. The zero-order chi connectivity index (χ0) is 18.1. The Morgan fingerprint density at radius 1 is 1.15 bits per heavy atom. The summed E-state index contributed by atoms with van der Waals surface area (Å²) in [7, 11) is 0. The molecule has 1 aromatic carbocycles. The summed E-state index contributed by atoms with van der Waals surface area (Å²) >= 11 is 0. The van der Waals surface area contributed by atoms with Gasteiger partial charge in [0, 0.05) is 51.3 Å². The molecule has 3 fully saturated rings. The van der Waals surface area contributed by atoms with E-state index in [0.717, 1.165) is 50.0 Å². The molecule has 4 rings (SSSR count). The number of carbonyl (C=O) groups excluding carboxylic acids is 1. The van der Waals surface area contributed by atoms with E-state index in [-0.39, 0.29) is 10.6 Å². The third kappa shape index (κ3) is 3.75. The molecule has 3 atom stereocenters. The van der Waals surface area contributed by atoms with Crippen LogP contribution in [0.2, 0.25) is 0 Å². The molecule has 2 aliphatic carbocycles. The lowest BCUT2D eigenvalue weighted by atomic mass is 9.86. The Hall–Kier alpha value is -1.95. The maximum Gasteiger partial charge on any atom is 0.269 e. The van der Waals surface area contributed by atoms with Crippen molar-refractivity contribution in [3.63, 3.8) is 0 Å². The number of carbonyl (C=O) groups is 1. The number of rotatable bonds is 5. The number of amides is 1. The predicted molar refractivity (Wildman–Crippen MR) is 98.5 cm³/mol. The summed E-state index contributed by atoms with van der Waals surface area (Å²) in [6.07, 6.45) is 6.08. The van der Waals surface area contributed by atoms with E-state index in [1.165, 1.54) is 31.7 Å². The Bertz CT molecular complexity index is 685. The van der Waals surface area contributed by atoms with Crippen molar-refractivity contribution in [2.24, 2.45) is 17.8 Å². The molecule has 0 aromatic heterocycles. The van der Waals surface area contributed by atoms with Crippen molar-refractivity contribution < 1.29 is 9.72 Å². The smallest absolute Gasteiger partial charge is 0.269 e. The lowest BCUT2D eigenvalue weighted by Crippen LogP contribution is -2.48. The number of piperazine rings is 1. The molecular weight excluding hydrogens is 330 g/mol. The van der Waals surface area contributed by atoms with Crippen molar-refractivity contribution in [1.29, 1.82) is 0 Å². The van der Waals surface area contributed by atoms with Gasteiger partial charge in [-0.05, 0) is 42.6 Å². The van der Waals surface area contributed by atoms with Crippen LogP contribution in [0.3, 0.4) is 0 Å². The largest absolute Gasteiger partial charge is 0.340 e. The van der Waals surface area contributed by atoms with Crippen LogP contribution in [0, 0.1) is 27.9 Å². The van der Waals surface area contributed by atoms with Gasteiger partial charge >= 0.3 is 0 Å². The Labute approximate surface area is 154 Å². The van der Waals surface area contributed by atoms with Gasteiger partial charge in [-0.15, -0.1) is 0 Å². The molecule has 6 nitrogen and oxygen atoms in total. The molecule has 1 amide bonds. The van der Waals surface area contributed by atoms with Crippen molar-refractivity contribution in [3.8, 4) is 0 Å². The van der Waals surface area contributed by atoms with Gasteiger partial charge in [-0.2, -0.15) is 0 Å². The van der Waals surface area contributed by atoms with Crippen molar-refractivity contribution in [2.45, 2.75) is 38.6 Å². The fraction of sp³-hybridized carbons (Fsp3) is 0.650. The van der Waals surface area contributed by atoms with E-state index in [2.05, 4.69) is 4.90 Å². The molecule has 0 spiro atoms. The van der Waals surface area contributed by atoms with Crippen LogP contribution in [0.4, 0.5) is 5.69 Å². The van der Waals surface area contributed by atoms with Crippen LogP contribution in [0.1, 0.15) is 37.7 Å². The lowest BCUT2D eigenvalue weighted by Gasteiger charge is -2.35. The van der Waals surface area contributed by atoms with E-state index in [9.17, 15) is 14.9 Å². The third-order valence-electron chi connectivity index (χ3n) is 6.57. The fourth-order valence-electron chi connectivity index (χ4n) is 5.16. The first-order chi connectivity index (χ1) is 12.6. The summed E-state index contributed by atoms with van der Waals surface area (Å²) in [5.74, 6) is 2.66. The summed E-state index contributed by atoms with van der Waals surface area (Å²) in [6, 6.07) is 6.84. The molecule has 1 heterocycles. The van der Waals surface area contributed by atoms with Crippen LogP contribution in [-0.2, 0) is 11.3 Å². The van der Waals surface area contributed by atoms with Crippen molar-refractivity contribution in [2.75, 3.05) is 26.2 Å². The highest BCUT2D eigenvalue weighted by molar-refractivity contribution is 5.76. The molecule has 1 saturated heterocycles. The quantitative estimate of drug-likeness (QED) is 0.600. The van der Waals surface area contributed by atoms with Crippen LogP contribution < -0.4 is 0 Å². The van der Waals surface area contributed by atoms with Gasteiger partial charge in [0.15, 0.2) is 0 Å². The molecule has 26 heavy (non-hydrogen) atoms. The first-order valence-corrected chi connectivity index (χ1v) is 9.82. The normalized spacial score (nSPS) is 28.5. The van der Waals surface area contributed by atoms with Crippen LogP contribution >= 0.6 is 0 Å². The SMILES string of the molecule is O=C(CC1CC2CCC1C2)N1CCN(Cc2cccc([N+](=O)[O-])c2)CC1. The zero-order valence-corrected chi connectivity index (χ0v) is 15.2. The molecule has 0 radical (unpaired) electrons. The molecule has 1 aliphatic heterocycles. The highest BCUT2D eigenvalue weighted by Gasteiger charge is 2.40. The van der Waals surface area contributed by atoms with E-state index >= 15 is 0 Å². The fourth-order valence-corrected chi connectivity index (χ4v) is 5.16. The van der Waals surface area contributed by atoms with E-state index in [1.807, 2.05) is 11.0 Å². The number of nitrogens with zero attached hydrogens (tertiary/aromatic N) is 3. The average Bonchev–Trinajstić information content (AvgIpc) is 3.25. The molecule has 1 aromatic rings. The monoisotopic (exact) mass is 357 g/mol. The van der Waals surface area contributed by atoms with Gasteiger partial charge < -0.3 is 4.90 Å². The minimum absolute atomic E-state index is 0.141. The van der Waals surface area contributed by atoms with Crippen molar-refractivity contribution in [3.05, 3.63) is 39.9 Å². The molecule has 140 valence electrons. The second-order valence-corrected chi connectivity index (χ2v) is 8.22. The number of benzene rings is 1. The first kappa shape index (κ1) is 17.5. The van der Waals surface area contributed by atoms with Gasteiger partial charge in [0.05, 0.1) is 4.92 Å². The first-order valence-electron chi connectivity index (χ1n) is 9.82. The van der Waals surface area contributed by atoms with E-state index in [0.29, 0.717) is 18.4 Å². The van der Waals surface area contributed by atoms with Crippen LogP contribution in [0.5, 0.6) is 0 Å². The lowest BCUT2D eigenvalue weighted by molar-refractivity contribution is -0.384. The molecular formula is C20H27N3O3. The Morgan fingerprint density at radius 3 is 2.62 bits per heavy atom. The van der Waals surface area contributed by atoms with Gasteiger partial charge in [0.1, 0.15) is 0 Å². The Morgan fingerprint density at radius 2 is 1.96 bits per heavy atom. The maximum absolute atomic E-state index is 12.6. The number of fused-ring (bicyclic) bond motifs is 2. The minimum Gasteiger partial charge on any atom is -0.340 e. The topological polar surface area (TPSA) is 66.7 Å².